The van der Waals surface area contributed by atoms with E-state index in [2.05, 4.69) is 5.10 Å². The van der Waals surface area contributed by atoms with Gasteiger partial charge in [-0.1, -0.05) is 13.8 Å². The number of carboxylic acid groups (broad SMARTS) is 1. The van der Waals surface area contributed by atoms with Crippen LogP contribution >= 0.6 is 0 Å². The van der Waals surface area contributed by atoms with Crippen molar-refractivity contribution in [1.82, 2.24) is 0 Å². The molecule has 1 saturated heterocycles. The van der Waals surface area contributed by atoms with Gasteiger partial charge in [0.2, 0.25) is 0 Å². The first-order valence-corrected chi connectivity index (χ1v) is 12.1. The number of methoxy groups -OCH3 is 1. The van der Waals surface area contributed by atoms with Crippen molar-refractivity contribution in [2.45, 2.75) is 45.0 Å². The summed E-state index contributed by atoms with van der Waals surface area (Å²) in [6, 6.07) is 7.71. The van der Waals surface area contributed by atoms with E-state index in [1.807, 2.05) is 6.92 Å². The highest BCUT2D eigenvalue weighted by atomic mass is 19.4. The van der Waals surface area contributed by atoms with Crippen LogP contribution in [0.15, 0.2) is 41.5 Å². The summed E-state index contributed by atoms with van der Waals surface area (Å²) in [4.78, 5) is 13.0. The van der Waals surface area contributed by atoms with Crippen molar-refractivity contribution in [3.05, 3.63) is 48.0 Å². The van der Waals surface area contributed by atoms with Crippen molar-refractivity contribution in [1.29, 1.82) is 0 Å². The first-order valence-electron chi connectivity index (χ1n) is 12.1. The number of benzene rings is 2. The van der Waals surface area contributed by atoms with E-state index < -0.39 is 47.9 Å². The van der Waals surface area contributed by atoms with Gasteiger partial charge in [0.1, 0.15) is 23.3 Å². The van der Waals surface area contributed by atoms with E-state index >= 15 is 0 Å². The van der Waals surface area contributed by atoms with Gasteiger partial charge in [-0.2, -0.15) is 18.3 Å². The van der Waals surface area contributed by atoms with Crippen LogP contribution in [0, 0.1) is 23.5 Å². The van der Waals surface area contributed by atoms with Crippen LogP contribution < -0.4 is 19.4 Å². The fraction of sp³-hybridized carbons (Fsp3) is 0.462. The Morgan fingerprint density at radius 2 is 1.82 bits per heavy atom. The van der Waals surface area contributed by atoms with Gasteiger partial charge in [-0.15, -0.1) is 0 Å². The lowest BCUT2D eigenvalue weighted by atomic mass is 9.94. The molecule has 1 N–H and O–H groups in total. The summed E-state index contributed by atoms with van der Waals surface area (Å²) in [6.07, 6.45) is -4.89. The molecule has 7 nitrogen and oxygen atoms in total. The zero-order chi connectivity index (χ0) is 27.8. The smallest absolute Gasteiger partial charge is 0.431 e. The molecular weight excluding hydrogens is 513 g/mol. The molecule has 0 aliphatic carbocycles. The Labute approximate surface area is 216 Å². The second-order valence-electron chi connectivity index (χ2n) is 9.59. The molecule has 4 rings (SSSR count). The zero-order valence-electron chi connectivity index (χ0n) is 21.0. The normalized spacial score (nSPS) is 23.8. The third-order valence-electron chi connectivity index (χ3n) is 6.99. The molecule has 2 aromatic carbocycles. The molecule has 4 unspecified atom stereocenters. The highest BCUT2D eigenvalue weighted by molar-refractivity contribution is 5.95. The van der Waals surface area contributed by atoms with E-state index in [1.165, 1.54) is 32.2 Å². The fourth-order valence-electron chi connectivity index (χ4n) is 4.95. The van der Waals surface area contributed by atoms with Crippen LogP contribution in [0.3, 0.4) is 0 Å². The number of alkyl halides is 3. The Balaban J connectivity index is 1.45. The molecule has 1 fully saturated rings. The summed E-state index contributed by atoms with van der Waals surface area (Å²) in [7, 11) is 1.38. The molecule has 0 aromatic heterocycles. The average molecular weight is 542 g/mol. The second kappa shape index (κ2) is 10.7. The Hall–Kier alpha value is -3.57. The first-order chi connectivity index (χ1) is 17.9. The standard InChI is InChI=1S/C26H28F5N3O4/c1-14-13-33(21-11-18(37-3)10-19(27)24(21)28)9-8-22(14)38-17-6-4-16(5-7-17)34-20(12-23(35)36)15(2)25(32-34)26(29,30)31/h4-7,10-11,14-15,20,22H,8-9,12-13H2,1-3H3,(H,35,36). The number of aliphatic carboxylic acids is 1. The SMILES string of the molecule is COc1cc(F)c(F)c(N2CCC(Oc3ccc(N4N=C(C(F)(F)F)C(C)C4CC(=O)O)cc3)C(C)C2)c1. The summed E-state index contributed by atoms with van der Waals surface area (Å²) >= 11 is 0. The predicted molar refractivity (Wildman–Crippen MR) is 131 cm³/mol. The Morgan fingerprint density at radius 1 is 1.13 bits per heavy atom. The lowest BCUT2D eigenvalue weighted by Crippen LogP contribution is -2.44. The molecule has 2 aliphatic rings. The van der Waals surface area contributed by atoms with Gasteiger partial charge in [0.25, 0.3) is 0 Å². The summed E-state index contributed by atoms with van der Waals surface area (Å²) < 4.78 is 79.8. The maximum Gasteiger partial charge on any atom is 0.431 e. The maximum absolute atomic E-state index is 14.4. The molecule has 0 spiro atoms. The third kappa shape index (κ3) is 5.63. The van der Waals surface area contributed by atoms with Gasteiger partial charge in [0.15, 0.2) is 11.6 Å². The molecule has 38 heavy (non-hydrogen) atoms. The molecule has 0 saturated carbocycles. The maximum atomic E-state index is 14.4. The summed E-state index contributed by atoms with van der Waals surface area (Å²) in [5, 5.41) is 14.0. The number of carboxylic acids is 1. The van der Waals surface area contributed by atoms with Gasteiger partial charge >= 0.3 is 12.1 Å². The second-order valence-corrected chi connectivity index (χ2v) is 9.59. The van der Waals surface area contributed by atoms with Crippen molar-refractivity contribution in [3.63, 3.8) is 0 Å². The van der Waals surface area contributed by atoms with Gasteiger partial charge in [0.05, 0.1) is 30.9 Å². The zero-order valence-corrected chi connectivity index (χ0v) is 21.0. The van der Waals surface area contributed by atoms with Gasteiger partial charge in [0, 0.05) is 43.5 Å². The van der Waals surface area contributed by atoms with E-state index in [-0.39, 0.29) is 23.5 Å². The number of hydrogen-bond acceptors (Lipinski definition) is 6. The highest BCUT2D eigenvalue weighted by Crippen LogP contribution is 2.37. The average Bonchev–Trinajstić information content (AvgIpc) is 3.18. The number of rotatable bonds is 7. The van der Waals surface area contributed by atoms with Gasteiger partial charge < -0.3 is 19.5 Å². The molecule has 0 radical (unpaired) electrons. The van der Waals surface area contributed by atoms with E-state index in [1.54, 1.807) is 17.0 Å². The Bertz CT molecular complexity index is 1200. The van der Waals surface area contributed by atoms with E-state index in [0.717, 1.165) is 11.1 Å². The van der Waals surface area contributed by atoms with Crippen molar-refractivity contribution in [3.8, 4) is 11.5 Å². The van der Waals surface area contributed by atoms with Gasteiger partial charge in [-0.05, 0) is 24.3 Å². The third-order valence-corrected chi connectivity index (χ3v) is 6.99. The molecule has 2 aliphatic heterocycles. The fourth-order valence-corrected chi connectivity index (χ4v) is 4.95. The van der Waals surface area contributed by atoms with Gasteiger partial charge in [-0.25, -0.2) is 8.78 Å². The minimum absolute atomic E-state index is 0.0598. The quantitative estimate of drug-likeness (QED) is 0.468. The molecule has 0 amide bonds. The minimum Gasteiger partial charge on any atom is -0.497 e. The number of piperidine rings is 1. The monoisotopic (exact) mass is 541 g/mol. The molecule has 0 bridgehead atoms. The number of hydrazone groups is 1. The number of ether oxygens (including phenoxy) is 2. The molecular formula is C26H28F5N3O4. The van der Waals surface area contributed by atoms with Crippen LogP contribution in [0.1, 0.15) is 26.7 Å². The van der Waals surface area contributed by atoms with Crippen LogP contribution in [0.4, 0.5) is 33.3 Å². The Kier molecular flexibility index (Phi) is 7.70. The minimum atomic E-state index is -4.67. The highest BCUT2D eigenvalue weighted by Gasteiger charge is 2.48. The topological polar surface area (TPSA) is 74.6 Å². The number of carbonyl (C=O) groups is 1. The number of hydrogen-bond donors (Lipinski definition) is 1. The molecule has 206 valence electrons. The van der Waals surface area contributed by atoms with Crippen LogP contribution in [-0.2, 0) is 4.79 Å². The van der Waals surface area contributed by atoms with Crippen LogP contribution in [-0.4, -0.2) is 55.3 Å². The van der Waals surface area contributed by atoms with Crippen LogP contribution in [0.25, 0.3) is 0 Å². The van der Waals surface area contributed by atoms with Crippen LogP contribution in [0.2, 0.25) is 0 Å². The number of nitrogens with zero attached hydrogens (tertiary/aromatic N) is 3. The molecule has 2 heterocycles. The summed E-state index contributed by atoms with van der Waals surface area (Å²) in [5.74, 6) is -3.64. The van der Waals surface area contributed by atoms with E-state index in [0.29, 0.717) is 30.9 Å². The van der Waals surface area contributed by atoms with E-state index in [9.17, 15) is 31.9 Å². The number of halogens is 5. The van der Waals surface area contributed by atoms with Crippen molar-refractivity contribution in [2.24, 2.45) is 16.9 Å². The summed E-state index contributed by atoms with van der Waals surface area (Å²) in [6.45, 7) is 4.06. The Morgan fingerprint density at radius 3 is 2.39 bits per heavy atom. The molecule has 2 aromatic rings. The largest absolute Gasteiger partial charge is 0.497 e. The number of anilines is 2. The predicted octanol–water partition coefficient (Wildman–Crippen LogP) is 5.48. The van der Waals surface area contributed by atoms with Crippen LogP contribution in [0.5, 0.6) is 11.5 Å². The van der Waals surface area contributed by atoms with Crippen molar-refractivity contribution >= 4 is 23.1 Å². The lowest BCUT2D eigenvalue weighted by Gasteiger charge is -2.38. The van der Waals surface area contributed by atoms with Crippen molar-refractivity contribution < 1.29 is 41.3 Å². The van der Waals surface area contributed by atoms with E-state index in [4.69, 9.17) is 9.47 Å². The van der Waals surface area contributed by atoms with Gasteiger partial charge in [-0.3, -0.25) is 9.80 Å². The lowest BCUT2D eigenvalue weighted by molar-refractivity contribution is -0.137. The molecule has 12 heteroatoms. The first kappa shape index (κ1) is 27.5. The molecule has 4 atom stereocenters. The van der Waals surface area contributed by atoms with Crippen molar-refractivity contribution in [2.75, 3.05) is 30.1 Å². The summed E-state index contributed by atoms with van der Waals surface area (Å²) in [5.41, 5.74) is -0.587.